The van der Waals surface area contributed by atoms with Crippen molar-refractivity contribution >= 4 is 40.3 Å². The van der Waals surface area contributed by atoms with Crippen LogP contribution in [0, 0.1) is 10.1 Å². The number of benzene rings is 2. The van der Waals surface area contributed by atoms with Gasteiger partial charge in [-0.15, -0.1) is 0 Å². The molecule has 2 aromatic carbocycles. The molecule has 22 heavy (non-hydrogen) atoms. The van der Waals surface area contributed by atoms with Gasteiger partial charge in [-0.1, -0.05) is 11.6 Å². The Bertz CT molecular complexity index is 749. The minimum Gasteiger partial charge on any atom is -0.465 e. The van der Waals surface area contributed by atoms with Gasteiger partial charge >= 0.3 is 5.97 Å². The van der Waals surface area contributed by atoms with Gasteiger partial charge in [0.2, 0.25) is 0 Å². The Morgan fingerprint density at radius 3 is 2.64 bits per heavy atom. The molecular formula is C14H12ClN3O4. The summed E-state index contributed by atoms with van der Waals surface area (Å²) in [6, 6.07) is 8.56. The number of nitrogens with one attached hydrogen (secondary N) is 1. The summed E-state index contributed by atoms with van der Waals surface area (Å²) in [5.74, 6) is -0.592. The van der Waals surface area contributed by atoms with Crippen molar-refractivity contribution in [3.8, 4) is 0 Å². The zero-order valence-corrected chi connectivity index (χ0v) is 12.3. The summed E-state index contributed by atoms with van der Waals surface area (Å²) in [7, 11) is 1.24. The van der Waals surface area contributed by atoms with Gasteiger partial charge in [0.15, 0.2) is 0 Å². The molecule has 7 nitrogen and oxygen atoms in total. The lowest BCUT2D eigenvalue weighted by atomic mass is 10.1. The van der Waals surface area contributed by atoms with Crippen molar-refractivity contribution < 1.29 is 14.5 Å². The fourth-order valence-corrected chi connectivity index (χ4v) is 2.04. The highest BCUT2D eigenvalue weighted by Crippen LogP contribution is 2.32. The van der Waals surface area contributed by atoms with Gasteiger partial charge in [-0.25, -0.2) is 4.79 Å². The van der Waals surface area contributed by atoms with Gasteiger partial charge in [-0.3, -0.25) is 10.1 Å². The van der Waals surface area contributed by atoms with E-state index in [4.69, 9.17) is 17.3 Å². The van der Waals surface area contributed by atoms with Crippen molar-refractivity contribution in [1.82, 2.24) is 0 Å². The minimum atomic E-state index is -0.592. The van der Waals surface area contributed by atoms with Crippen LogP contribution in [0.25, 0.3) is 0 Å². The van der Waals surface area contributed by atoms with E-state index in [1.54, 1.807) is 0 Å². The van der Waals surface area contributed by atoms with E-state index in [0.717, 1.165) is 0 Å². The van der Waals surface area contributed by atoms with E-state index in [0.29, 0.717) is 10.7 Å². The number of nitrogens with two attached hydrogens (primary N) is 1. The summed E-state index contributed by atoms with van der Waals surface area (Å²) in [5.41, 5.74) is 6.45. The number of carbonyl (C=O) groups is 1. The standard InChI is InChI=1S/C14H12ClN3O4/c1-22-14(19)10-4-2-8(15)6-11(10)17-12-7-9(16)3-5-13(12)18(20)21/h2-7,17H,16H2,1H3. The first-order valence-corrected chi connectivity index (χ1v) is 6.49. The van der Waals surface area contributed by atoms with Crippen molar-refractivity contribution in [1.29, 1.82) is 0 Å². The van der Waals surface area contributed by atoms with E-state index < -0.39 is 10.9 Å². The molecule has 114 valence electrons. The summed E-state index contributed by atoms with van der Waals surface area (Å²) >= 11 is 5.91. The molecule has 0 saturated carbocycles. The number of hydrogen-bond donors (Lipinski definition) is 2. The van der Waals surface area contributed by atoms with Crippen LogP contribution in [0.3, 0.4) is 0 Å². The first kappa shape index (κ1) is 15.6. The molecule has 0 aliphatic carbocycles. The first-order valence-electron chi connectivity index (χ1n) is 6.11. The number of nitrogens with zero attached hydrogens (tertiary/aromatic N) is 1. The largest absolute Gasteiger partial charge is 0.465 e. The lowest BCUT2D eigenvalue weighted by Crippen LogP contribution is -2.06. The van der Waals surface area contributed by atoms with E-state index in [1.807, 2.05) is 0 Å². The highest BCUT2D eigenvalue weighted by molar-refractivity contribution is 6.31. The molecule has 3 N–H and O–H groups in total. The molecule has 8 heteroatoms. The number of halogens is 1. The van der Waals surface area contributed by atoms with Crippen molar-refractivity contribution in [2.24, 2.45) is 0 Å². The van der Waals surface area contributed by atoms with Crippen molar-refractivity contribution in [2.45, 2.75) is 0 Å². The maximum atomic E-state index is 11.8. The van der Waals surface area contributed by atoms with Gasteiger partial charge in [0, 0.05) is 16.8 Å². The van der Waals surface area contributed by atoms with Gasteiger partial charge in [-0.2, -0.15) is 0 Å². The number of rotatable bonds is 4. The molecule has 0 spiro atoms. The van der Waals surface area contributed by atoms with Crippen LogP contribution in [0.15, 0.2) is 36.4 Å². The molecule has 0 aromatic heterocycles. The van der Waals surface area contributed by atoms with Crippen LogP contribution in [-0.2, 0) is 4.74 Å². The predicted molar refractivity (Wildman–Crippen MR) is 83.6 cm³/mol. The summed E-state index contributed by atoms with van der Waals surface area (Å²) < 4.78 is 4.68. The molecule has 0 fully saturated rings. The van der Waals surface area contributed by atoms with Crippen molar-refractivity contribution in [3.63, 3.8) is 0 Å². The minimum absolute atomic E-state index is 0.150. The average molecular weight is 322 g/mol. The summed E-state index contributed by atoms with van der Waals surface area (Å²) in [4.78, 5) is 22.3. The monoisotopic (exact) mass is 321 g/mol. The maximum absolute atomic E-state index is 11.8. The number of anilines is 3. The van der Waals surface area contributed by atoms with Crippen LogP contribution in [-0.4, -0.2) is 18.0 Å². The summed E-state index contributed by atoms with van der Waals surface area (Å²) in [6.45, 7) is 0. The third-order valence-corrected chi connectivity index (χ3v) is 3.11. The third kappa shape index (κ3) is 3.26. The highest BCUT2D eigenvalue weighted by Gasteiger charge is 2.18. The van der Waals surface area contributed by atoms with Gasteiger partial charge in [0.05, 0.1) is 23.3 Å². The number of carbonyl (C=O) groups excluding carboxylic acids is 1. The molecule has 0 saturated heterocycles. The Hall–Kier alpha value is -2.80. The Morgan fingerprint density at radius 2 is 2.00 bits per heavy atom. The quantitative estimate of drug-likeness (QED) is 0.387. The number of nitro groups is 1. The zero-order valence-electron chi connectivity index (χ0n) is 11.5. The molecule has 0 radical (unpaired) electrons. The van der Waals surface area contributed by atoms with Gasteiger partial charge < -0.3 is 15.8 Å². The second-order valence-electron chi connectivity index (χ2n) is 4.34. The Balaban J connectivity index is 2.51. The van der Waals surface area contributed by atoms with Crippen LogP contribution < -0.4 is 11.1 Å². The fraction of sp³-hybridized carbons (Fsp3) is 0.0714. The van der Waals surface area contributed by atoms with Crippen LogP contribution >= 0.6 is 11.6 Å². The SMILES string of the molecule is COC(=O)c1ccc(Cl)cc1Nc1cc(N)ccc1[N+](=O)[O-]. The molecule has 0 unspecified atom stereocenters. The lowest BCUT2D eigenvalue weighted by Gasteiger charge is -2.12. The van der Waals surface area contributed by atoms with E-state index in [1.165, 1.54) is 43.5 Å². The number of nitro benzene ring substituents is 1. The number of methoxy groups -OCH3 is 1. The van der Waals surface area contributed by atoms with E-state index in [2.05, 4.69) is 10.1 Å². The van der Waals surface area contributed by atoms with Gasteiger partial charge in [0.25, 0.3) is 5.69 Å². The van der Waals surface area contributed by atoms with Crippen LogP contribution in [0.2, 0.25) is 5.02 Å². The van der Waals surface area contributed by atoms with Crippen LogP contribution in [0.5, 0.6) is 0 Å². The summed E-state index contributed by atoms with van der Waals surface area (Å²) in [6.07, 6.45) is 0. The third-order valence-electron chi connectivity index (χ3n) is 2.87. The second-order valence-corrected chi connectivity index (χ2v) is 4.78. The lowest BCUT2D eigenvalue weighted by molar-refractivity contribution is -0.383. The zero-order chi connectivity index (χ0) is 16.3. The second kappa shape index (κ2) is 6.31. The number of hydrogen-bond acceptors (Lipinski definition) is 6. The first-order chi connectivity index (χ1) is 10.4. The molecule has 0 atom stereocenters. The fourth-order valence-electron chi connectivity index (χ4n) is 1.87. The Morgan fingerprint density at radius 1 is 1.27 bits per heavy atom. The molecule has 0 heterocycles. The average Bonchev–Trinajstić information content (AvgIpc) is 2.46. The highest BCUT2D eigenvalue weighted by atomic mass is 35.5. The van der Waals surface area contributed by atoms with Crippen molar-refractivity contribution in [2.75, 3.05) is 18.2 Å². The van der Waals surface area contributed by atoms with Crippen LogP contribution in [0.4, 0.5) is 22.7 Å². The van der Waals surface area contributed by atoms with Gasteiger partial charge in [-0.05, 0) is 30.3 Å². The summed E-state index contributed by atoms with van der Waals surface area (Å²) in [5, 5.41) is 14.2. The Kier molecular flexibility index (Phi) is 4.47. The number of esters is 1. The molecule has 0 aliphatic rings. The van der Waals surface area contributed by atoms with Crippen LogP contribution in [0.1, 0.15) is 10.4 Å². The topological polar surface area (TPSA) is 107 Å². The van der Waals surface area contributed by atoms with E-state index in [-0.39, 0.29) is 22.6 Å². The molecule has 2 rings (SSSR count). The normalized spacial score (nSPS) is 10.1. The number of nitrogen functional groups attached to an aromatic ring is 1. The predicted octanol–water partition coefficient (Wildman–Crippen LogP) is 3.36. The molecule has 0 amide bonds. The molecule has 2 aromatic rings. The molecule has 0 bridgehead atoms. The van der Waals surface area contributed by atoms with Crippen molar-refractivity contribution in [3.05, 3.63) is 57.1 Å². The van der Waals surface area contributed by atoms with E-state index in [9.17, 15) is 14.9 Å². The molecule has 0 aliphatic heterocycles. The van der Waals surface area contributed by atoms with E-state index >= 15 is 0 Å². The molecular weight excluding hydrogens is 310 g/mol. The number of ether oxygens (including phenoxy) is 1. The maximum Gasteiger partial charge on any atom is 0.339 e. The van der Waals surface area contributed by atoms with Gasteiger partial charge in [0.1, 0.15) is 5.69 Å². The Labute approximate surface area is 130 Å². The smallest absolute Gasteiger partial charge is 0.339 e.